The fraction of sp³-hybridized carbons (Fsp3) is 1.00. The second-order valence-corrected chi connectivity index (χ2v) is 3.77. The zero-order valence-electron chi connectivity index (χ0n) is 7.97. The van der Waals surface area contributed by atoms with Crippen LogP contribution in [-0.2, 0) is 0 Å². The van der Waals surface area contributed by atoms with Crippen molar-refractivity contribution >= 4 is 0 Å². The molecular weight excluding hydrogens is 134 g/mol. The van der Waals surface area contributed by atoms with Gasteiger partial charge in [0.25, 0.3) is 0 Å². The molecular formula is C10H21N. The minimum Gasteiger partial charge on any atom is -0.303 e. The molecule has 0 bridgehead atoms. The first-order valence-corrected chi connectivity index (χ1v) is 5.05. The Labute approximate surface area is 70.8 Å². The number of hydrogen-bond donors (Lipinski definition) is 0. The van der Waals surface area contributed by atoms with Crippen molar-refractivity contribution in [2.75, 3.05) is 13.6 Å². The quantitative estimate of drug-likeness (QED) is 0.564. The van der Waals surface area contributed by atoms with Crippen molar-refractivity contribution in [2.45, 2.75) is 51.5 Å². The summed E-state index contributed by atoms with van der Waals surface area (Å²) in [5, 5.41) is 0. The largest absolute Gasteiger partial charge is 0.303 e. The van der Waals surface area contributed by atoms with E-state index in [0.717, 1.165) is 6.04 Å². The Morgan fingerprint density at radius 1 is 1.36 bits per heavy atom. The van der Waals surface area contributed by atoms with Crippen LogP contribution in [0.15, 0.2) is 0 Å². The van der Waals surface area contributed by atoms with Gasteiger partial charge in [0.2, 0.25) is 0 Å². The summed E-state index contributed by atoms with van der Waals surface area (Å²) in [6.07, 6.45) is 8.52. The summed E-state index contributed by atoms with van der Waals surface area (Å²) in [6, 6.07) is 0.918. The van der Waals surface area contributed by atoms with E-state index in [1.54, 1.807) is 0 Å². The van der Waals surface area contributed by atoms with Crippen LogP contribution >= 0.6 is 0 Å². The van der Waals surface area contributed by atoms with E-state index < -0.39 is 0 Å². The van der Waals surface area contributed by atoms with Crippen molar-refractivity contribution < 1.29 is 0 Å². The van der Waals surface area contributed by atoms with Crippen molar-refractivity contribution in [1.82, 2.24) is 4.90 Å². The fourth-order valence-corrected chi connectivity index (χ4v) is 1.97. The molecule has 1 heterocycles. The fourth-order valence-electron chi connectivity index (χ4n) is 1.97. The molecule has 1 atom stereocenters. The molecule has 1 heteroatoms. The molecule has 0 spiro atoms. The van der Waals surface area contributed by atoms with Crippen molar-refractivity contribution in [1.29, 1.82) is 0 Å². The SMILES string of the molecule is CCCCCC1CCCN1C. The Hall–Kier alpha value is -0.0400. The zero-order chi connectivity index (χ0) is 8.10. The summed E-state index contributed by atoms with van der Waals surface area (Å²) in [5.74, 6) is 0. The summed E-state index contributed by atoms with van der Waals surface area (Å²) >= 11 is 0. The maximum absolute atomic E-state index is 2.52. The van der Waals surface area contributed by atoms with Gasteiger partial charge in [-0.25, -0.2) is 0 Å². The lowest BCUT2D eigenvalue weighted by Gasteiger charge is -2.18. The van der Waals surface area contributed by atoms with Crippen LogP contribution in [0.4, 0.5) is 0 Å². The highest BCUT2D eigenvalue weighted by Crippen LogP contribution is 2.19. The number of likely N-dealkylation sites (tertiary alicyclic amines) is 1. The van der Waals surface area contributed by atoms with Crippen LogP contribution < -0.4 is 0 Å². The molecule has 0 aromatic heterocycles. The summed E-state index contributed by atoms with van der Waals surface area (Å²) in [6.45, 7) is 3.61. The van der Waals surface area contributed by atoms with Crippen LogP contribution in [0.5, 0.6) is 0 Å². The lowest BCUT2D eigenvalue weighted by molar-refractivity contribution is 0.290. The van der Waals surface area contributed by atoms with Gasteiger partial charge < -0.3 is 4.90 Å². The van der Waals surface area contributed by atoms with Crippen LogP contribution in [0.1, 0.15) is 45.4 Å². The van der Waals surface area contributed by atoms with Crippen molar-refractivity contribution in [3.63, 3.8) is 0 Å². The molecule has 0 N–H and O–H groups in total. The highest BCUT2D eigenvalue weighted by Gasteiger charge is 2.19. The summed E-state index contributed by atoms with van der Waals surface area (Å²) in [4.78, 5) is 2.52. The van der Waals surface area contributed by atoms with E-state index in [1.807, 2.05) is 0 Å². The highest BCUT2D eigenvalue weighted by atomic mass is 15.1. The minimum atomic E-state index is 0.918. The number of rotatable bonds is 4. The monoisotopic (exact) mass is 155 g/mol. The summed E-state index contributed by atoms with van der Waals surface area (Å²) in [7, 11) is 2.27. The first-order chi connectivity index (χ1) is 5.34. The van der Waals surface area contributed by atoms with Gasteiger partial charge in [-0.15, -0.1) is 0 Å². The standard InChI is InChI=1S/C10H21N/c1-3-4-5-7-10-8-6-9-11(10)2/h10H,3-9H2,1-2H3. The lowest BCUT2D eigenvalue weighted by Crippen LogP contribution is -2.24. The van der Waals surface area contributed by atoms with E-state index in [-0.39, 0.29) is 0 Å². The van der Waals surface area contributed by atoms with E-state index in [9.17, 15) is 0 Å². The second-order valence-electron chi connectivity index (χ2n) is 3.77. The van der Waals surface area contributed by atoms with E-state index in [2.05, 4.69) is 18.9 Å². The minimum absolute atomic E-state index is 0.918. The third-order valence-corrected chi connectivity index (χ3v) is 2.81. The number of unbranched alkanes of at least 4 members (excludes halogenated alkanes) is 2. The summed E-state index contributed by atoms with van der Waals surface area (Å²) in [5.41, 5.74) is 0. The Bertz CT molecular complexity index is 101. The molecule has 0 radical (unpaired) electrons. The molecule has 66 valence electrons. The normalized spacial score (nSPS) is 26.2. The molecule has 0 aromatic carbocycles. The molecule has 1 nitrogen and oxygen atoms in total. The molecule has 1 unspecified atom stereocenters. The van der Waals surface area contributed by atoms with Gasteiger partial charge in [-0.2, -0.15) is 0 Å². The Morgan fingerprint density at radius 3 is 2.73 bits per heavy atom. The lowest BCUT2D eigenvalue weighted by atomic mass is 10.1. The van der Waals surface area contributed by atoms with Crippen LogP contribution in [0.25, 0.3) is 0 Å². The van der Waals surface area contributed by atoms with Crippen molar-refractivity contribution in [3.8, 4) is 0 Å². The van der Waals surface area contributed by atoms with Crippen LogP contribution in [0, 0.1) is 0 Å². The number of hydrogen-bond acceptors (Lipinski definition) is 1. The molecule has 0 aliphatic carbocycles. The van der Waals surface area contributed by atoms with E-state index in [4.69, 9.17) is 0 Å². The molecule has 1 fully saturated rings. The van der Waals surface area contributed by atoms with E-state index in [0.29, 0.717) is 0 Å². The second kappa shape index (κ2) is 4.76. The van der Waals surface area contributed by atoms with Crippen LogP contribution in [0.3, 0.4) is 0 Å². The van der Waals surface area contributed by atoms with E-state index >= 15 is 0 Å². The summed E-state index contributed by atoms with van der Waals surface area (Å²) < 4.78 is 0. The van der Waals surface area contributed by atoms with Gasteiger partial charge in [0.15, 0.2) is 0 Å². The van der Waals surface area contributed by atoms with E-state index in [1.165, 1.54) is 45.1 Å². The third kappa shape index (κ3) is 2.82. The Kier molecular flexibility index (Phi) is 3.92. The topological polar surface area (TPSA) is 3.24 Å². The maximum Gasteiger partial charge on any atom is 0.00926 e. The zero-order valence-corrected chi connectivity index (χ0v) is 7.97. The smallest absolute Gasteiger partial charge is 0.00926 e. The predicted molar refractivity (Wildman–Crippen MR) is 49.8 cm³/mol. The molecule has 1 aliphatic rings. The van der Waals surface area contributed by atoms with Gasteiger partial charge in [0, 0.05) is 6.04 Å². The van der Waals surface area contributed by atoms with Crippen LogP contribution in [-0.4, -0.2) is 24.5 Å². The third-order valence-electron chi connectivity index (χ3n) is 2.81. The Morgan fingerprint density at radius 2 is 2.18 bits per heavy atom. The first-order valence-electron chi connectivity index (χ1n) is 5.05. The highest BCUT2D eigenvalue weighted by molar-refractivity contribution is 4.75. The number of nitrogens with zero attached hydrogens (tertiary/aromatic N) is 1. The molecule has 1 aliphatic heterocycles. The first kappa shape index (κ1) is 9.05. The van der Waals surface area contributed by atoms with Gasteiger partial charge in [0.1, 0.15) is 0 Å². The van der Waals surface area contributed by atoms with Crippen molar-refractivity contribution in [3.05, 3.63) is 0 Å². The average Bonchev–Trinajstić information content (AvgIpc) is 2.37. The van der Waals surface area contributed by atoms with Gasteiger partial charge >= 0.3 is 0 Å². The predicted octanol–water partition coefficient (Wildman–Crippen LogP) is 2.66. The maximum atomic E-state index is 2.52. The van der Waals surface area contributed by atoms with Gasteiger partial charge in [0.05, 0.1) is 0 Å². The Balaban J connectivity index is 2.05. The van der Waals surface area contributed by atoms with Gasteiger partial charge in [-0.1, -0.05) is 26.2 Å². The molecule has 1 saturated heterocycles. The van der Waals surface area contributed by atoms with Crippen molar-refractivity contribution in [2.24, 2.45) is 0 Å². The van der Waals surface area contributed by atoms with Gasteiger partial charge in [-0.05, 0) is 32.9 Å². The molecule has 1 rings (SSSR count). The molecule has 0 aromatic rings. The molecule has 11 heavy (non-hydrogen) atoms. The van der Waals surface area contributed by atoms with Gasteiger partial charge in [-0.3, -0.25) is 0 Å². The molecule has 0 amide bonds. The van der Waals surface area contributed by atoms with Crippen LogP contribution in [0.2, 0.25) is 0 Å². The average molecular weight is 155 g/mol. The molecule has 0 saturated carbocycles.